The number of nitrogens with two attached hydrogens (primary N) is 1. The van der Waals surface area contributed by atoms with Crippen molar-refractivity contribution >= 4 is 11.9 Å². The maximum atomic E-state index is 9.55. The Balaban J connectivity index is 0.000000279. The Morgan fingerprint density at radius 2 is 1.89 bits per heavy atom. The minimum Gasteiger partial charge on any atom is -0.497 e. The summed E-state index contributed by atoms with van der Waals surface area (Å²) in [4.78, 5) is 19.1. The third kappa shape index (κ3) is 5.42. The van der Waals surface area contributed by atoms with E-state index in [1.807, 2.05) is 23.9 Å². The van der Waals surface area contributed by atoms with Crippen LogP contribution in [0.3, 0.4) is 0 Å². The number of fused-ring (bicyclic) bond motifs is 3. The normalized spacial score (nSPS) is 13.1. The largest absolute Gasteiger partial charge is 0.497 e. The standard InChI is InChI=1S/C15H19N3O.C4H4O4/c1-10(16)9-18-15-12(8-17-18)4-3-11-5-6-13(19-2)7-14(11)15;5-3(6)1-2-4(7)8/h5-8,10H,3-4,9,16H2,1-2H3;1-2H,(H,5,6)(H,7,8). The van der Waals surface area contributed by atoms with Crippen LogP contribution < -0.4 is 10.5 Å². The summed E-state index contributed by atoms with van der Waals surface area (Å²) < 4.78 is 7.36. The van der Waals surface area contributed by atoms with Gasteiger partial charge in [0.15, 0.2) is 0 Å². The maximum Gasteiger partial charge on any atom is 0.328 e. The molecule has 1 aliphatic rings. The number of rotatable bonds is 5. The van der Waals surface area contributed by atoms with Crippen molar-refractivity contribution in [3.05, 3.63) is 47.7 Å². The second-order valence-corrected chi connectivity index (χ2v) is 6.21. The second kappa shape index (κ2) is 9.00. The van der Waals surface area contributed by atoms with Crippen molar-refractivity contribution in [1.82, 2.24) is 9.78 Å². The number of methoxy groups -OCH3 is 1. The maximum absolute atomic E-state index is 9.55. The minimum absolute atomic E-state index is 0.0972. The number of carbonyl (C=O) groups is 2. The molecule has 0 aliphatic heterocycles. The molecule has 8 heteroatoms. The van der Waals surface area contributed by atoms with E-state index in [1.165, 1.54) is 22.4 Å². The van der Waals surface area contributed by atoms with Crippen LogP contribution in [0.4, 0.5) is 0 Å². The zero-order valence-electron chi connectivity index (χ0n) is 15.3. The smallest absolute Gasteiger partial charge is 0.328 e. The number of aromatic nitrogens is 2. The molecule has 0 radical (unpaired) electrons. The Morgan fingerprint density at radius 1 is 1.26 bits per heavy atom. The Bertz CT molecular complexity index is 839. The lowest BCUT2D eigenvalue weighted by atomic mass is 9.90. The molecule has 2 aromatic rings. The van der Waals surface area contributed by atoms with Gasteiger partial charge in [-0.1, -0.05) is 6.07 Å². The molecular formula is C19H23N3O5. The first-order valence-corrected chi connectivity index (χ1v) is 8.43. The van der Waals surface area contributed by atoms with Crippen LogP contribution in [-0.4, -0.2) is 45.1 Å². The van der Waals surface area contributed by atoms with Gasteiger partial charge in [0.25, 0.3) is 0 Å². The van der Waals surface area contributed by atoms with E-state index in [9.17, 15) is 9.59 Å². The Kier molecular flexibility index (Phi) is 6.73. The number of ether oxygens (including phenoxy) is 1. The van der Waals surface area contributed by atoms with Gasteiger partial charge in [-0.05, 0) is 43.0 Å². The van der Waals surface area contributed by atoms with Gasteiger partial charge < -0.3 is 20.7 Å². The summed E-state index contributed by atoms with van der Waals surface area (Å²) in [6.45, 7) is 2.75. The molecule has 0 fully saturated rings. The summed E-state index contributed by atoms with van der Waals surface area (Å²) in [5.41, 5.74) is 11.0. The number of hydrogen-bond donors (Lipinski definition) is 3. The molecule has 1 unspecified atom stereocenters. The molecule has 1 atom stereocenters. The van der Waals surface area contributed by atoms with E-state index in [2.05, 4.69) is 17.2 Å². The summed E-state index contributed by atoms with van der Waals surface area (Å²) in [5, 5.41) is 20.1. The van der Waals surface area contributed by atoms with E-state index in [-0.39, 0.29) is 6.04 Å². The quantitative estimate of drug-likeness (QED) is 0.681. The van der Waals surface area contributed by atoms with E-state index in [0.29, 0.717) is 12.2 Å². The van der Waals surface area contributed by atoms with Crippen molar-refractivity contribution in [2.75, 3.05) is 7.11 Å². The summed E-state index contributed by atoms with van der Waals surface area (Å²) in [6, 6.07) is 6.38. The van der Waals surface area contributed by atoms with Crippen molar-refractivity contribution in [3.63, 3.8) is 0 Å². The van der Waals surface area contributed by atoms with Gasteiger partial charge in [0.2, 0.25) is 0 Å². The molecule has 27 heavy (non-hydrogen) atoms. The zero-order valence-corrected chi connectivity index (χ0v) is 15.3. The number of nitrogens with zero attached hydrogens (tertiary/aromatic N) is 2. The zero-order chi connectivity index (χ0) is 20.0. The van der Waals surface area contributed by atoms with E-state index in [4.69, 9.17) is 20.7 Å². The Morgan fingerprint density at radius 3 is 2.44 bits per heavy atom. The van der Waals surface area contributed by atoms with Gasteiger partial charge in [-0.3, -0.25) is 4.68 Å². The first-order valence-electron chi connectivity index (χ1n) is 8.43. The van der Waals surface area contributed by atoms with Crippen LogP contribution in [0.2, 0.25) is 0 Å². The monoisotopic (exact) mass is 373 g/mol. The van der Waals surface area contributed by atoms with Crippen molar-refractivity contribution in [2.24, 2.45) is 5.73 Å². The number of benzene rings is 1. The van der Waals surface area contributed by atoms with Crippen LogP contribution in [0, 0.1) is 0 Å². The predicted molar refractivity (Wildman–Crippen MR) is 99.7 cm³/mol. The molecule has 0 bridgehead atoms. The van der Waals surface area contributed by atoms with E-state index >= 15 is 0 Å². The number of carboxylic acids is 2. The molecule has 0 amide bonds. The van der Waals surface area contributed by atoms with Gasteiger partial charge >= 0.3 is 11.9 Å². The number of aliphatic carboxylic acids is 2. The molecule has 1 aromatic carbocycles. The first kappa shape index (κ1) is 20.2. The van der Waals surface area contributed by atoms with Crippen LogP contribution in [0.15, 0.2) is 36.5 Å². The summed E-state index contributed by atoms with van der Waals surface area (Å²) in [7, 11) is 1.70. The van der Waals surface area contributed by atoms with Gasteiger partial charge in [-0.25, -0.2) is 9.59 Å². The molecular weight excluding hydrogens is 350 g/mol. The number of carboxylic acid groups (broad SMARTS) is 2. The predicted octanol–water partition coefficient (Wildman–Crippen LogP) is 1.72. The third-order valence-corrected chi connectivity index (χ3v) is 3.98. The van der Waals surface area contributed by atoms with E-state index in [0.717, 1.165) is 25.1 Å². The highest BCUT2D eigenvalue weighted by molar-refractivity contribution is 5.89. The molecule has 3 rings (SSSR count). The van der Waals surface area contributed by atoms with Gasteiger partial charge in [0.1, 0.15) is 5.75 Å². The van der Waals surface area contributed by atoms with Crippen LogP contribution >= 0.6 is 0 Å². The van der Waals surface area contributed by atoms with Crippen LogP contribution in [-0.2, 0) is 29.0 Å². The number of aryl methyl sites for hydroxylation is 2. The lowest BCUT2D eigenvalue weighted by Gasteiger charge is -2.20. The molecule has 144 valence electrons. The average Bonchev–Trinajstić information content (AvgIpc) is 3.02. The Labute approximate surface area is 156 Å². The molecule has 0 saturated heterocycles. The fourth-order valence-electron chi connectivity index (χ4n) is 2.86. The van der Waals surface area contributed by atoms with E-state index in [1.54, 1.807) is 7.11 Å². The molecule has 1 heterocycles. The highest BCUT2D eigenvalue weighted by Gasteiger charge is 2.21. The summed E-state index contributed by atoms with van der Waals surface area (Å²) in [5.74, 6) is -1.63. The molecule has 4 N–H and O–H groups in total. The molecule has 1 aromatic heterocycles. The van der Waals surface area contributed by atoms with Crippen molar-refractivity contribution < 1.29 is 24.5 Å². The second-order valence-electron chi connectivity index (χ2n) is 6.21. The Hall–Kier alpha value is -3.13. The SMILES string of the molecule is COc1ccc2c(c1)-c1c(cnn1CC(C)N)CC2.O=C(O)C=CC(=O)O. The van der Waals surface area contributed by atoms with Crippen molar-refractivity contribution in [2.45, 2.75) is 32.4 Å². The fraction of sp³-hybridized carbons (Fsp3) is 0.316. The van der Waals surface area contributed by atoms with Crippen molar-refractivity contribution in [1.29, 1.82) is 0 Å². The lowest BCUT2D eigenvalue weighted by Crippen LogP contribution is -2.23. The van der Waals surface area contributed by atoms with Crippen LogP contribution in [0.25, 0.3) is 11.3 Å². The first-order chi connectivity index (χ1) is 12.8. The van der Waals surface area contributed by atoms with Crippen LogP contribution in [0.5, 0.6) is 5.75 Å². The average molecular weight is 373 g/mol. The third-order valence-electron chi connectivity index (χ3n) is 3.98. The van der Waals surface area contributed by atoms with E-state index < -0.39 is 11.9 Å². The highest BCUT2D eigenvalue weighted by atomic mass is 16.5. The minimum atomic E-state index is -1.26. The lowest BCUT2D eigenvalue weighted by molar-refractivity contribution is -0.134. The molecule has 1 aliphatic carbocycles. The molecule has 8 nitrogen and oxygen atoms in total. The number of hydrogen-bond acceptors (Lipinski definition) is 5. The highest BCUT2D eigenvalue weighted by Crippen LogP contribution is 2.35. The molecule has 0 spiro atoms. The van der Waals surface area contributed by atoms with Gasteiger partial charge in [0.05, 0.1) is 25.5 Å². The fourth-order valence-corrected chi connectivity index (χ4v) is 2.86. The van der Waals surface area contributed by atoms with Gasteiger partial charge in [0, 0.05) is 23.8 Å². The van der Waals surface area contributed by atoms with Crippen LogP contribution in [0.1, 0.15) is 18.1 Å². The molecule has 0 saturated carbocycles. The summed E-state index contributed by atoms with van der Waals surface area (Å²) in [6.07, 6.45) is 5.20. The topological polar surface area (TPSA) is 128 Å². The van der Waals surface area contributed by atoms with Gasteiger partial charge in [-0.15, -0.1) is 0 Å². The summed E-state index contributed by atoms with van der Waals surface area (Å²) >= 11 is 0. The van der Waals surface area contributed by atoms with Crippen molar-refractivity contribution in [3.8, 4) is 17.0 Å². The van der Waals surface area contributed by atoms with Gasteiger partial charge in [-0.2, -0.15) is 5.10 Å².